The van der Waals surface area contributed by atoms with Crippen molar-refractivity contribution in [3.63, 3.8) is 0 Å². The quantitative estimate of drug-likeness (QED) is 0.717. The molecule has 0 N–H and O–H groups in total. The highest BCUT2D eigenvalue weighted by Gasteiger charge is 2.33. The van der Waals surface area contributed by atoms with Crippen molar-refractivity contribution in [3.05, 3.63) is 58.0 Å². The maximum Gasteiger partial charge on any atom is 0.256 e. The molecule has 0 saturated carbocycles. The van der Waals surface area contributed by atoms with Crippen molar-refractivity contribution in [2.24, 2.45) is 10.9 Å². The zero-order chi connectivity index (χ0) is 17.8. The standard InChI is InChI=1S/C18H13FN2O2S2/c19-12-5-3-11(4-6-12)13(8-15(22)16-2-1-7-24-16)14(9-20)18-21-17(23)10-25-18/h1-7,13-14H,8,10H2/t13-,14+/m1/s1. The molecule has 1 amide bonds. The fourth-order valence-corrected chi connectivity index (χ4v) is 4.25. The lowest BCUT2D eigenvalue weighted by Crippen LogP contribution is -2.21. The number of ketones is 1. The summed E-state index contributed by atoms with van der Waals surface area (Å²) in [6, 6.07) is 11.5. The van der Waals surface area contributed by atoms with Gasteiger partial charge in [-0.05, 0) is 29.1 Å². The second-order valence-electron chi connectivity index (χ2n) is 5.50. The zero-order valence-corrected chi connectivity index (χ0v) is 14.6. The molecule has 3 rings (SSSR count). The number of thioether (sulfide) groups is 1. The normalized spacial score (nSPS) is 16.2. The van der Waals surface area contributed by atoms with Crippen LogP contribution in [-0.2, 0) is 4.79 Å². The number of carbonyl (C=O) groups is 2. The Kier molecular flexibility index (Phi) is 5.41. The number of amides is 1. The summed E-state index contributed by atoms with van der Waals surface area (Å²) >= 11 is 2.57. The first-order chi connectivity index (χ1) is 12.1. The third-order valence-electron chi connectivity index (χ3n) is 3.89. The first-order valence-corrected chi connectivity index (χ1v) is 9.41. The molecule has 0 fully saturated rings. The molecular weight excluding hydrogens is 359 g/mol. The smallest absolute Gasteiger partial charge is 0.256 e. The minimum Gasteiger partial charge on any atom is -0.293 e. The molecule has 0 spiro atoms. The van der Waals surface area contributed by atoms with Gasteiger partial charge in [-0.15, -0.1) is 11.3 Å². The van der Waals surface area contributed by atoms with E-state index in [-0.39, 0.29) is 29.7 Å². The second kappa shape index (κ2) is 7.72. The molecule has 0 aliphatic carbocycles. The summed E-state index contributed by atoms with van der Waals surface area (Å²) in [4.78, 5) is 28.6. The molecule has 0 bridgehead atoms. The van der Waals surface area contributed by atoms with Crippen LogP contribution in [-0.4, -0.2) is 22.5 Å². The number of hydrogen-bond acceptors (Lipinski definition) is 5. The van der Waals surface area contributed by atoms with Gasteiger partial charge in [-0.1, -0.05) is 30.0 Å². The molecule has 126 valence electrons. The van der Waals surface area contributed by atoms with Crippen molar-refractivity contribution >= 4 is 39.8 Å². The number of nitrogens with zero attached hydrogens (tertiary/aromatic N) is 2. The molecule has 2 heterocycles. The van der Waals surface area contributed by atoms with Crippen LogP contribution in [0.5, 0.6) is 0 Å². The third-order valence-corrected chi connectivity index (χ3v) is 5.83. The van der Waals surface area contributed by atoms with Crippen LogP contribution in [0.2, 0.25) is 0 Å². The molecule has 0 saturated heterocycles. The Hall–Kier alpha value is -2.30. The van der Waals surface area contributed by atoms with Crippen LogP contribution in [0.3, 0.4) is 0 Å². The molecule has 0 unspecified atom stereocenters. The van der Waals surface area contributed by atoms with Gasteiger partial charge in [0.1, 0.15) is 11.7 Å². The minimum absolute atomic E-state index is 0.0838. The highest BCUT2D eigenvalue weighted by Crippen LogP contribution is 2.35. The van der Waals surface area contributed by atoms with Crippen LogP contribution in [0.15, 0.2) is 46.8 Å². The Morgan fingerprint density at radius 1 is 1.32 bits per heavy atom. The maximum absolute atomic E-state index is 13.3. The van der Waals surface area contributed by atoms with Crippen LogP contribution >= 0.6 is 23.1 Å². The van der Waals surface area contributed by atoms with Crippen LogP contribution < -0.4 is 0 Å². The minimum atomic E-state index is -0.717. The number of halogens is 1. The van der Waals surface area contributed by atoms with Crippen molar-refractivity contribution in [2.45, 2.75) is 12.3 Å². The van der Waals surface area contributed by atoms with Gasteiger partial charge < -0.3 is 0 Å². The van der Waals surface area contributed by atoms with Gasteiger partial charge in [-0.25, -0.2) is 9.38 Å². The highest BCUT2D eigenvalue weighted by atomic mass is 32.2. The molecule has 2 aromatic rings. The lowest BCUT2D eigenvalue weighted by Gasteiger charge is -2.21. The van der Waals surface area contributed by atoms with Crippen molar-refractivity contribution < 1.29 is 14.0 Å². The number of benzene rings is 1. The number of Topliss-reactive ketones (excluding diaryl/α,β-unsaturated/α-hetero) is 1. The lowest BCUT2D eigenvalue weighted by molar-refractivity contribution is -0.115. The van der Waals surface area contributed by atoms with Crippen molar-refractivity contribution in [2.75, 3.05) is 5.75 Å². The first-order valence-electron chi connectivity index (χ1n) is 7.54. The molecular formula is C18H13FN2O2S2. The Bertz CT molecular complexity index is 854. The summed E-state index contributed by atoms with van der Waals surface area (Å²) in [6.45, 7) is 0. The fraction of sp³-hybridized carbons (Fsp3) is 0.222. The summed E-state index contributed by atoms with van der Waals surface area (Å²) < 4.78 is 13.3. The van der Waals surface area contributed by atoms with E-state index in [1.807, 2.05) is 5.38 Å². The molecule has 0 radical (unpaired) electrons. The third kappa shape index (κ3) is 4.03. The van der Waals surface area contributed by atoms with E-state index in [1.54, 1.807) is 24.3 Å². The molecule has 25 heavy (non-hydrogen) atoms. The molecule has 7 heteroatoms. The molecule has 1 aliphatic heterocycles. The highest BCUT2D eigenvalue weighted by molar-refractivity contribution is 8.15. The number of thiophene rings is 1. The van der Waals surface area contributed by atoms with Crippen molar-refractivity contribution in [1.29, 1.82) is 5.26 Å². The zero-order valence-electron chi connectivity index (χ0n) is 13.0. The second-order valence-corrected chi connectivity index (χ2v) is 7.45. The number of rotatable bonds is 6. The van der Waals surface area contributed by atoms with Gasteiger partial charge in [0.05, 0.1) is 21.7 Å². The van der Waals surface area contributed by atoms with Crippen molar-refractivity contribution in [1.82, 2.24) is 0 Å². The topological polar surface area (TPSA) is 70.3 Å². The van der Waals surface area contributed by atoms with Gasteiger partial charge >= 0.3 is 0 Å². The van der Waals surface area contributed by atoms with E-state index in [9.17, 15) is 19.2 Å². The van der Waals surface area contributed by atoms with E-state index in [0.717, 1.165) is 0 Å². The lowest BCUT2D eigenvalue weighted by atomic mass is 9.83. The summed E-state index contributed by atoms with van der Waals surface area (Å²) in [5, 5.41) is 11.9. The molecule has 1 aromatic heterocycles. The first kappa shape index (κ1) is 17.5. The maximum atomic E-state index is 13.3. The SMILES string of the molecule is N#C[C@H](C1=NC(=O)CS1)[C@H](CC(=O)c1cccs1)c1ccc(F)cc1. The number of nitriles is 1. The van der Waals surface area contributed by atoms with Crippen molar-refractivity contribution in [3.8, 4) is 6.07 Å². The molecule has 2 atom stereocenters. The van der Waals surface area contributed by atoms with E-state index in [2.05, 4.69) is 11.1 Å². The Balaban J connectivity index is 1.94. The van der Waals surface area contributed by atoms with Crippen LogP contribution in [0, 0.1) is 23.1 Å². The van der Waals surface area contributed by atoms with E-state index < -0.39 is 11.8 Å². The number of aliphatic imine (C=N–C) groups is 1. The summed E-state index contributed by atoms with van der Waals surface area (Å²) in [5.74, 6) is -1.74. The van der Waals surface area contributed by atoms with E-state index >= 15 is 0 Å². The predicted octanol–water partition coefficient (Wildman–Crippen LogP) is 4.06. The summed E-state index contributed by atoms with van der Waals surface area (Å²) in [6.07, 6.45) is 0.0954. The Morgan fingerprint density at radius 2 is 2.08 bits per heavy atom. The largest absolute Gasteiger partial charge is 0.293 e. The molecule has 1 aliphatic rings. The Morgan fingerprint density at radius 3 is 2.64 bits per heavy atom. The van der Waals surface area contributed by atoms with E-state index in [0.29, 0.717) is 15.5 Å². The van der Waals surface area contributed by atoms with Gasteiger partial charge in [0.25, 0.3) is 5.91 Å². The number of hydrogen-bond donors (Lipinski definition) is 0. The molecule has 4 nitrogen and oxygen atoms in total. The molecule has 1 aromatic carbocycles. The van der Waals surface area contributed by atoms with Crippen LogP contribution in [0.25, 0.3) is 0 Å². The Labute approximate surface area is 152 Å². The average Bonchev–Trinajstić information content (AvgIpc) is 3.27. The summed E-state index contributed by atoms with van der Waals surface area (Å²) in [5.41, 5.74) is 0.681. The monoisotopic (exact) mass is 372 g/mol. The predicted molar refractivity (Wildman–Crippen MR) is 96.4 cm³/mol. The number of carbonyl (C=O) groups excluding carboxylic acids is 2. The van der Waals surface area contributed by atoms with Gasteiger partial charge in [0, 0.05) is 12.3 Å². The van der Waals surface area contributed by atoms with Crippen LogP contribution in [0.1, 0.15) is 27.6 Å². The van der Waals surface area contributed by atoms with Gasteiger partial charge in [-0.3, -0.25) is 9.59 Å². The van der Waals surface area contributed by atoms with Gasteiger partial charge in [-0.2, -0.15) is 5.26 Å². The van der Waals surface area contributed by atoms with Gasteiger partial charge in [0.2, 0.25) is 0 Å². The van der Waals surface area contributed by atoms with E-state index in [1.165, 1.54) is 35.2 Å². The van der Waals surface area contributed by atoms with E-state index in [4.69, 9.17) is 0 Å². The summed E-state index contributed by atoms with van der Waals surface area (Å²) in [7, 11) is 0. The fourth-order valence-electron chi connectivity index (χ4n) is 2.68. The van der Waals surface area contributed by atoms with Gasteiger partial charge in [0.15, 0.2) is 5.78 Å². The van der Waals surface area contributed by atoms with Crippen LogP contribution in [0.4, 0.5) is 4.39 Å². The average molecular weight is 372 g/mol.